The molecule has 0 spiro atoms. The number of hydrogen-bond donors (Lipinski definition) is 5. The van der Waals surface area contributed by atoms with Crippen LogP contribution in [0.1, 0.15) is 72.1 Å². The molecule has 0 bridgehead atoms. The highest BCUT2D eigenvalue weighted by atomic mass is 28.4. The number of aliphatic hydroxyl groups is 1. The molecule has 0 fully saturated rings. The summed E-state index contributed by atoms with van der Waals surface area (Å²) in [5, 5.41) is 27.1. The zero-order chi connectivity index (χ0) is 33.9. The van der Waals surface area contributed by atoms with Gasteiger partial charge < -0.3 is 30.3 Å². The molecule has 4 rings (SSSR count). The lowest BCUT2D eigenvalue weighted by Gasteiger charge is -2.40. The second-order valence-electron chi connectivity index (χ2n) is 13.4. The second kappa shape index (κ2) is 14.0. The number of benzene rings is 3. The van der Waals surface area contributed by atoms with Gasteiger partial charge in [-0.3, -0.25) is 4.79 Å². The first kappa shape index (κ1) is 35.2. The molecular weight excluding hydrogens is 611 g/mol. The largest absolute Gasteiger partial charge is 0.508 e. The smallest absolute Gasteiger partial charge is 0.416 e. The maximum atomic E-state index is 12.8. The van der Waals surface area contributed by atoms with Crippen molar-refractivity contribution < 1.29 is 32.6 Å². The second-order valence-corrected chi connectivity index (χ2v) is 18.2. The zero-order valence-electron chi connectivity index (χ0n) is 27.2. The standard InChI is InChI=1S/C35H44F3N3O4Si/c1-22(39-20-32(45-46(5,6)34(2,3)4)25-10-14-31(43)27(17-25)21-42)15-24-9-13-29-26(16-24)18-30(41-29)33(44)40-19-23-7-11-28(12-8-23)35(36,37)38/h7-14,16-18,22,32,39,41-43H,15,19-21H2,1-6H3,(H,40,44)/t22-,32+/m1/s1. The van der Waals surface area contributed by atoms with Gasteiger partial charge in [-0.25, -0.2) is 0 Å². The SMILES string of the molecule is C[C@H](Cc1ccc2[nH]c(C(=O)NCc3ccc(C(F)(F)F)cc3)cc2c1)NC[C@H](O[Si](C)(C)C(C)(C)C)c1ccc(O)c(CO)c1. The summed E-state index contributed by atoms with van der Waals surface area (Å²) >= 11 is 0. The number of hydrogen-bond acceptors (Lipinski definition) is 5. The number of aromatic amines is 1. The molecule has 2 atom stereocenters. The summed E-state index contributed by atoms with van der Waals surface area (Å²) in [4.78, 5) is 15.9. The number of carbonyl (C=O) groups excluding carboxylic acids is 1. The van der Waals surface area contributed by atoms with E-state index in [-0.39, 0.29) is 42.0 Å². The van der Waals surface area contributed by atoms with Gasteiger partial charge in [0.25, 0.3) is 5.91 Å². The first-order chi connectivity index (χ1) is 21.5. The Morgan fingerprint density at radius 3 is 2.28 bits per heavy atom. The molecule has 1 amide bonds. The molecule has 0 aliphatic rings. The molecule has 11 heteroatoms. The van der Waals surface area contributed by atoms with E-state index in [1.807, 2.05) is 24.3 Å². The van der Waals surface area contributed by atoms with E-state index in [0.29, 0.717) is 23.4 Å². The van der Waals surface area contributed by atoms with Gasteiger partial charge in [-0.2, -0.15) is 13.2 Å². The zero-order valence-corrected chi connectivity index (χ0v) is 28.2. The van der Waals surface area contributed by atoms with E-state index >= 15 is 0 Å². The number of aromatic hydroxyl groups is 1. The fraction of sp³-hybridized carbons (Fsp3) is 0.400. The van der Waals surface area contributed by atoms with Crippen LogP contribution in [-0.2, 0) is 30.2 Å². The van der Waals surface area contributed by atoms with Crippen LogP contribution in [0.2, 0.25) is 18.1 Å². The number of phenols is 1. The predicted octanol–water partition coefficient (Wildman–Crippen LogP) is 7.60. The number of halogens is 3. The van der Waals surface area contributed by atoms with Gasteiger partial charge in [0.1, 0.15) is 11.4 Å². The van der Waals surface area contributed by atoms with Crippen LogP contribution in [0.15, 0.2) is 66.7 Å². The third kappa shape index (κ3) is 8.78. The minimum absolute atomic E-state index is 0.00245. The summed E-state index contributed by atoms with van der Waals surface area (Å²) in [6.45, 7) is 13.4. The van der Waals surface area contributed by atoms with Crippen molar-refractivity contribution in [1.82, 2.24) is 15.6 Å². The molecule has 248 valence electrons. The van der Waals surface area contributed by atoms with E-state index < -0.39 is 20.1 Å². The molecule has 0 radical (unpaired) electrons. The van der Waals surface area contributed by atoms with Crippen LogP contribution in [0, 0.1) is 0 Å². The Balaban J connectivity index is 1.40. The van der Waals surface area contributed by atoms with Crippen molar-refractivity contribution in [3.8, 4) is 5.75 Å². The number of alkyl halides is 3. The Morgan fingerprint density at radius 1 is 0.978 bits per heavy atom. The third-order valence-electron chi connectivity index (χ3n) is 8.75. The van der Waals surface area contributed by atoms with E-state index in [2.05, 4.69) is 56.4 Å². The molecule has 7 nitrogen and oxygen atoms in total. The summed E-state index contributed by atoms with van der Waals surface area (Å²) in [5.74, 6) is -0.294. The van der Waals surface area contributed by atoms with Gasteiger partial charge in [-0.1, -0.05) is 45.0 Å². The molecule has 46 heavy (non-hydrogen) atoms. The highest BCUT2D eigenvalue weighted by Crippen LogP contribution is 2.40. The third-order valence-corrected chi connectivity index (χ3v) is 13.2. The normalized spacial score (nSPS) is 14.0. The van der Waals surface area contributed by atoms with E-state index in [4.69, 9.17) is 4.43 Å². The van der Waals surface area contributed by atoms with Gasteiger partial charge in [0, 0.05) is 35.6 Å². The minimum Gasteiger partial charge on any atom is -0.508 e. The van der Waals surface area contributed by atoms with Crippen LogP contribution in [0.3, 0.4) is 0 Å². The number of amides is 1. The van der Waals surface area contributed by atoms with E-state index in [1.165, 1.54) is 12.1 Å². The Hall–Kier alpha value is -3.64. The van der Waals surface area contributed by atoms with Gasteiger partial charge in [-0.05, 0) is 90.6 Å². The minimum atomic E-state index is -4.40. The monoisotopic (exact) mass is 655 g/mol. The van der Waals surface area contributed by atoms with Crippen LogP contribution in [-0.4, -0.2) is 42.0 Å². The van der Waals surface area contributed by atoms with Crippen LogP contribution in [0.25, 0.3) is 10.9 Å². The van der Waals surface area contributed by atoms with Gasteiger partial charge in [0.05, 0.1) is 18.3 Å². The van der Waals surface area contributed by atoms with Gasteiger partial charge in [-0.15, -0.1) is 0 Å². The molecule has 0 aliphatic carbocycles. The van der Waals surface area contributed by atoms with Crippen LogP contribution in [0.5, 0.6) is 5.75 Å². The Bertz CT molecular complexity index is 1650. The summed E-state index contributed by atoms with van der Waals surface area (Å²) < 4.78 is 45.3. The maximum Gasteiger partial charge on any atom is 0.416 e. The van der Waals surface area contributed by atoms with E-state index in [1.54, 1.807) is 18.2 Å². The summed E-state index contributed by atoms with van der Waals surface area (Å²) in [6.07, 6.45) is -3.95. The van der Waals surface area contributed by atoms with Crippen molar-refractivity contribution in [3.05, 3.63) is 100 Å². The number of H-pyrrole nitrogens is 1. The van der Waals surface area contributed by atoms with Crippen molar-refractivity contribution >= 4 is 25.1 Å². The molecule has 0 saturated carbocycles. The summed E-state index contributed by atoms with van der Waals surface area (Å²) in [5.41, 5.74) is 3.44. The molecule has 0 unspecified atom stereocenters. The molecule has 0 aliphatic heterocycles. The van der Waals surface area contributed by atoms with Crippen LogP contribution < -0.4 is 10.6 Å². The molecule has 1 heterocycles. The van der Waals surface area contributed by atoms with E-state index in [0.717, 1.165) is 40.6 Å². The lowest BCUT2D eigenvalue weighted by Crippen LogP contribution is -2.44. The lowest BCUT2D eigenvalue weighted by molar-refractivity contribution is -0.137. The Labute approximate surface area is 269 Å². The van der Waals surface area contributed by atoms with Crippen molar-refractivity contribution in [1.29, 1.82) is 0 Å². The van der Waals surface area contributed by atoms with Gasteiger partial charge >= 0.3 is 6.18 Å². The number of rotatable bonds is 12. The number of carbonyl (C=O) groups is 1. The van der Waals surface area contributed by atoms with Gasteiger partial charge in [0.15, 0.2) is 8.32 Å². The van der Waals surface area contributed by atoms with Crippen LogP contribution >= 0.6 is 0 Å². The average molecular weight is 656 g/mol. The van der Waals surface area contributed by atoms with Crippen molar-refractivity contribution in [2.75, 3.05) is 6.54 Å². The molecule has 1 aromatic heterocycles. The first-order valence-electron chi connectivity index (χ1n) is 15.4. The lowest BCUT2D eigenvalue weighted by atomic mass is 10.0. The molecular formula is C35H44F3N3O4Si. The van der Waals surface area contributed by atoms with Crippen molar-refractivity contribution in [2.24, 2.45) is 0 Å². The Morgan fingerprint density at radius 2 is 1.65 bits per heavy atom. The fourth-order valence-corrected chi connectivity index (χ4v) is 6.23. The highest BCUT2D eigenvalue weighted by molar-refractivity contribution is 6.74. The topological polar surface area (TPSA) is 107 Å². The predicted molar refractivity (Wildman–Crippen MR) is 177 cm³/mol. The summed E-state index contributed by atoms with van der Waals surface area (Å²) in [7, 11) is -2.15. The first-order valence-corrected chi connectivity index (χ1v) is 18.3. The van der Waals surface area contributed by atoms with Crippen molar-refractivity contribution in [2.45, 2.75) is 83.7 Å². The van der Waals surface area contributed by atoms with Gasteiger partial charge in [0.2, 0.25) is 0 Å². The molecule has 5 N–H and O–H groups in total. The molecule has 0 saturated heterocycles. The average Bonchev–Trinajstić information content (AvgIpc) is 3.41. The quantitative estimate of drug-likeness (QED) is 0.101. The van der Waals surface area contributed by atoms with Crippen LogP contribution in [0.4, 0.5) is 13.2 Å². The maximum absolute atomic E-state index is 12.8. The molecule has 4 aromatic rings. The fourth-order valence-electron chi connectivity index (χ4n) is 4.95. The molecule has 3 aromatic carbocycles. The van der Waals surface area contributed by atoms with E-state index in [9.17, 15) is 28.2 Å². The summed E-state index contributed by atoms with van der Waals surface area (Å²) in [6, 6.07) is 17.8. The number of aliphatic hydroxyl groups excluding tert-OH is 1. The Kier molecular flexibility index (Phi) is 10.7. The highest BCUT2D eigenvalue weighted by Gasteiger charge is 2.39. The number of nitrogens with one attached hydrogen (secondary N) is 3. The number of aromatic nitrogens is 1. The number of fused-ring (bicyclic) bond motifs is 1. The van der Waals surface area contributed by atoms with Crippen molar-refractivity contribution in [3.63, 3.8) is 0 Å².